The fourth-order valence-corrected chi connectivity index (χ4v) is 4.39. The highest BCUT2D eigenvalue weighted by atomic mass is 32.1. The van der Waals surface area contributed by atoms with Gasteiger partial charge in [0.25, 0.3) is 5.91 Å². The molecule has 0 spiro atoms. The number of rotatable bonds is 4. The number of amides is 1. The van der Waals surface area contributed by atoms with Gasteiger partial charge in [-0.1, -0.05) is 11.6 Å². The number of hydrogen-bond donors (Lipinski definition) is 1. The summed E-state index contributed by atoms with van der Waals surface area (Å²) in [5, 5.41) is 6.85. The molecule has 27 heavy (non-hydrogen) atoms. The lowest BCUT2D eigenvalue weighted by atomic mass is 10.1. The van der Waals surface area contributed by atoms with E-state index in [9.17, 15) is 9.18 Å². The largest absolute Gasteiger partial charge is 0.340 e. The predicted octanol–water partition coefficient (Wildman–Crippen LogP) is 4.70. The summed E-state index contributed by atoms with van der Waals surface area (Å²) in [5.41, 5.74) is 1.97. The summed E-state index contributed by atoms with van der Waals surface area (Å²) in [4.78, 5) is 19.0. The first-order valence-electron chi connectivity index (χ1n) is 9.12. The van der Waals surface area contributed by atoms with E-state index in [1.807, 2.05) is 6.07 Å². The maximum atomic E-state index is 13.0. The summed E-state index contributed by atoms with van der Waals surface area (Å²) in [6.07, 6.45) is 5.76. The summed E-state index contributed by atoms with van der Waals surface area (Å²) in [5.74, 6) is 0.245. The van der Waals surface area contributed by atoms with Gasteiger partial charge in [0.1, 0.15) is 11.9 Å². The van der Waals surface area contributed by atoms with Crippen molar-refractivity contribution in [3.05, 3.63) is 57.4 Å². The van der Waals surface area contributed by atoms with E-state index in [-0.39, 0.29) is 11.7 Å². The van der Waals surface area contributed by atoms with Gasteiger partial charge in [-0.2, -0.15) is 4.98 Å². The zero-order valence-electron chi connectivity index (χ0n) is 15.0. The van der Waals surface area contributed by atoms with E-state index in [1.165, 1.54) is 41.8 Å². The topological polar surface area (TPSA) is 68.0 Å². The zero-order valence-corrected chi connectivity index (χ0v) is 15.8. The number of nitrogens with one attached hydrogen (secondary N) is 1. The van der Waals surface area contributed by atoms with Crippen molar-refractivity contribution in [2.24, 2.45) is 0 Å². The SMILES string of the molecule is C[C@H](NC(=O)c1cc2c(s1)CCCCC2)c1nc(-c2ccc(F)cc2)no1. The number of fused-ring (bicyclic) bond motifs is 1. The van der Waals surface area contributed by atoms with E-state index in [1.54, 1.807) is 30.4 Å². The van der Waals surface area contributed by atoms with Crippen LogP contribution in [0.4, 0.5) is 4.39 Å². The minimum Gasteiger partial charge on any atom is -0.340 e. The van der Waals surface area contributed by atoms with Gasteiger partial charge < -0.3 is 9.84 Å². The van der Waals surface area contributed by atoms with E-state index >= 15 is 0 Å². The van der Waals surface area contributed by atoms with E-state index in [0.717, 1.165) is 17.7 Å². The zero-order chi connectivity index (χ0) is 18.8. The quantitative estimate of drug-likeness (QED) is 0.661. The molecule has 140 valence electrons. The summed E-state index contributed by atoms with van der Waals surface area (Å²) < 4.78 is 18.3. The Labute approximate surface area is 160 Å². The number of aryl methyl sites for hydroxylation is 2. The highest BCUT2D eigenvalue weighted by molar-refractivity contribution is 7.14. The second-order valence-electron chi connectivity index (χ2n) is 6.78. The van der Waals surface area contributed by atoms with Crippen LogP contribution in [0.15, 0.2) is 34.9 Å². The lowest BCUT2D eigenvalue weighted by Gasteiger charge is -2.08. The molecule has 1 N–H and O–H groups in total. The molecule has 0 saturated heterocycles. The Morgan fingerprint density at radius 3 is 2.81 bits per heavy atom. The van der Waals surface area contributed by atoms with Crippen molar-refractivity contribution in [1.82, 2.24) is 15.5 Å². The maximum absolute atomic E-state index is 13.0. The molecule has 0 radical (unpaired) electrons. The lowest BCUT2D eigenvalue weighted by Crippen LogP contribution is -2.26. The number of benzene rings is 1. The third-order valence-electron chi connectivity index (χ3n) is 4.73. The van der Waals surface area contributed by atoms with Crippen LogP contribution >= 0.6 is 11.3 Å². The number of thiophene rings is 1. The molecule has 0 saturated carbocycles. The Balaban J connectivity index is 1.45. The third-order valence-corrected chi connectivity index (χ3v) is 5.97. The highest BCUT2D eigenvalue weighted by Gasteiger charge is 2.21. The Bertz CT molecular complexity index is 925. The second-order valence-corrected chi connectivity index (χ2v) is 7.91. The Hall–Kier alpha value is -2.54. The van der Waals surface area contributed by atoms with Crippen molar-refractivity contribution in [2.45, 2.75) is 45.1 Å². The van der Waals surface area contributed by atoms with E-state index in [0.29, 0.717) is 17.3 Å². The molecule has 2 aromatic heterocycles. The van der Waals surface area contributed by atoms with Crippen LogP contribution in [0.1, 0.15) is 58.2 Å². The number of carbonyl (C=O) groups is 1. The van der Waals surface area contributed by atoms with Crippen LogP contribution < -0.4 is 5.32 Å². The van der Waals surface area contributed by atoms with Crippen molar-refractivity contribution in [3.8, 4) is 11.4 Å². The van der Waals surface area contributed by atoms with Crippen LogP contribution in [0.2, 0.25) is 0 Å². The average molecular weight is 385 g/mol. The molecule has 7 heteroatoms. The minimum atomic E-state index is -0.416. The third kappa shape index (κ3) is 3.93. The van der Waals surface area contributed by atoms with Gasteiger partial charge in [0.15, 0.2) is 0 Å². The van der Waals surface area contributed by atoms with Gasteiger partial charge in [0, 0.05) is 10.4 Å². The van der Waals surface area contributed by atoms with E-state index in [4.69, 9.17) is 4.52 Å². The molecule has 1 atom stereocenters. The maximum Gasteiger partial charge on any atom is 0.262 e. The van der Waals surface area contributed by atoms with Crippen molar-refractivity contribution in [3.63, 3.8) is 0 Å². The molecule has 0 fully saturated rings. The fourth-order valence-electron chi connectivity index (χ4n) is 3.24. The molecule has 2 heterocycles. The van der Waals surface area contributed by atoms with Gasteiger partial charge in [-0.15, -0.1) is 11.3 Å². The van der Waals surface area contributed by atoms with Crippen molar-refractivity contribution >= 4 is 17.2 Å². The molecule has 3 aromatic rings. The number of aromatic nitrogens is 2. The fraction of sp³-hybridized carbons (Fsp3) is 0.350. The van der Waals surface area contributed by atoms with Gasteiger partial charge in [-0.25, -0.2) is 4.39 Å². The molecule has 0 aliphatic heterocycles. The number of halogens is 1. The van der Waals surface area contributed by atoms with E-state index < -0.39 is 6.04 Å². The highest BCUT2D eigenvalue weighted by Crippen LogP contribution is 2.29. The summed E-state index contributed by atoms with van der Waals surface area (Å²) in [6.45, 7) is 1.80. The van der Waals surface area contributed by atoms with E-state index in [2.05, 4.69) is 15.5 Å². The average Bonchev–Trinajstić information content (AvgIpc) is 3.25. The molecule has 0 bridgehead atoms. The van der Waals surface area contributed by atoms with Crippen LogP contribution in [-0.2, 0) is 12.8 Å². The van der Waals surface area contributed by atoms with Crippen molar-refractivity contribution < 1.29 is 13.7 Å². The number of nitrogens with zero attached hydrogens (tertiary/aromatic N) is 2. The minimum absolute atomic E-state index is 0.123. The lowest BCUT2D eigenvalue weighted by molar-refractivity contribution is 0.0936. The molecule has 1 amide bonds. The van der Waals surface area contributed by atoms with Gasteiger partial charge in [-0.3, -0.25) is 4.79 Å². The van der Waals surface area contributed by atoms with Gasteiger partial charge in [-0.05, 0) is 68.5 Å². The van der Waals surface area contributed by atoms with Gasteiger partial charge in [0.05, 0.1) is 4.88 Å². The molecular weight excluding hydrogens is 365 g/mol. The first kappa shape index (κ1) is 17.9. The Morgan fingerprint density at radius 2 is 2.00 bits per heavy atom. The molecule has 0 unspecified atom stereocenters. The van der Waals surface area contributed by atoms with Gasteiger partial charge >= 0.3 is 0 Å². The number of carbonyl (C=O) groups excluding carboxylic acids is 1. The monoisotopic (exact) mass is 385 g/mol. The predicted molar refractivity (Wildman–Crippen MR) is 101 cm³/mol. The van der Waals surface area contributed by atoms with Gasteiger partial charge in [0.2, 0.25) is 11.7 Å². The first-order chi connectivity index (χ1) is 13.1. The summed E-state index contributed by atoms with van der Waals surface area (Å²) in [6, 6.07) is 7.47. The van der Waals surface area contributed by atoms with Crippen LogP contribution in [0, 0.1) is 5.82 Å². The molecule has 1 aromatic carbocycles. The molecular formula is C20H20FN3O2S. The Morgan fingerprint density at radius 1 is 1.22 bits per heavy atom. The summed E-state index contributed by atoms with van der Waals surface area (Å²) >= 11 is 1.58. The smallest absolute Gasteiger partial charge is 0.262 e. The van der Waals surface area contributed by atoms with Crippen molar-refractivity contribution in [2.75, 3.05) is 0 Å². The molecule has 4 rings (SSSR count). The number of hydrogen-bond acceptors (Lipinski definition) is 5. The van der Waals surface area contributed by atoms with Crippen LogP contribution in [0.25, 0.3) is 11.4 Å². The standard InChI is InChI=1S/C20H20FN3O2S/c1-12(20-23-18(24-26-20)13-7-9-15(21)10-8-13)22-19(25)17-11-14-5-3-2-4-6-16(14)27-17/h7-12H,2-6H2,1H3,(H,22,25)/t12-/m0/s1. The van der Waals surface area contributed by atoms with Crippen LogP contribution in [0.3, 0.4) is 0 Å². The van der Waals surface area contributed by atoms with Crippen molar-refractivity contribution in [1.29, 1.82) is 0 Å². The second kappa shape index (κ2) is 7.60. The van der Waals surface area contributed by atoms with Crippen LogP contribution in [-0.4, -0.2) is 16.0 Å². The Kier molecular flexibility index (Phi) is 5.03. The summed E-state index contributed by atoms with van der Waals surface area (Å²) in [7, 11) is 0. The first-order valence-corrected chi connectivity index (χ1v) is 9.94. The molecule has 1 aliphatic rings. The normalized spacial score (nSPS) is 15.0. The molecule has 1 aliphatic carbocycles. The molecule has 5 nitrogen and oxygen atoms in total. The van der Waals surface area contributed by atoms with Crippen LogP contribution in [0.5, 0.6) is 0 Å².